The smallest absolute Gasteiger partial charge is 0.254 e. The fourth-order valence-electron chi connectivity index (χ4n) is 1.87. The number of hydrazone groups is 1. The SMILES string of the molecule is CN1CCN(CC(=O)N/N=C/c2ccccn2)CC1. The highest BCUT2D eigenvalue weighted by Crippen LogP contribution is 1.97. The average Bonchev–Trinajstić information content (AvgIpc) is 2.43. The summed E-state index contributed by atoms with van der Waals surface area (Å²) in [4.78, 5) is 20.2. The number of pyridine rings is 1. The van der Waals surface area contributed by atoms with Crippen LogP contribution in [0.25, 0.3) is 0 Å². The molecule has 1 amide bonds. The Labute approximate surface area is 113 Å². The average molecular weight is 261 g/mol. The summed E-state index contributed by atoms with van der Waals surface area (Å²) in [6, 6.07) is 5.54. The Morgan fingerprint density at radius 1 is 1.42 bits per heavy atom. The maximum absolute atomic E-state index is 11.7. The maximum Gasteiger partial charge on any atom is 0.254 e. The highest BCUT2D eigenvalue weighted by molar-refractivity contribution is 5.81. The molecule has 1 aliphatic heterocycles. The van der Waals surface area contributed by atoms with Crippen molar-refractivity contribution in [1.29, 1.82) is 0 Å². The Kier molecular flexibility index (Phi) is 5.00. The number of carbonyl (C=O) groups is 1. The number of amides is 1. The van der Waals surface area contributed by atoms with E-state index in [4.69, 9.17) is 0 Å². The number of nitrogens with zero attached hydrogens (tertiary/aromatic N) is 4. The van der Waals surface area contributed by atoms with Crippen LogP contribution in [0, 0.1) is 0 Å². The molecule has 2 heterocycles. The predicted molar refractivity (Wildman–Crippen MR) is 73.9 cm³/mol. The number of carbonyl (C=O) groups excluding carboxylic acids is 1. The van der Waals surface area contributed by atoms with E-state index in [0.717, 1.165) is 31.9 Å². The number of rotatable bonds is 4. The van der Waals surface area contributed by atoms with Crippen LogP contribution in [-0.4, -0.2) is 66.7 Å². The summed E-state index contributed by atoms with van der Waals surface area (Å²) in [7, 11) is 2.09. The zero-order valence-electron chi connectivity index (χ0n) is 11.1. The van der Waals surface area contributed by atoms with E-state index in [0.29, 0.717) is 6.54 Å². The Balaban J connectivity index is 1.71. The number of hydrogen-bond donors (Lipinski definition) is 1. The first-order valence-electron chi connectivity index (χ1n) is 6.38. The molecule has 0 atom stereocenters. The molecule has 0 aromatic carbocycles. The summed E-state index contributed by atoms with van der Waals surface area (Å²) in [6.45, 7) is 4.25. The van der Waals surface area contributed by atoms with Gasteiger partial charge in [-0.1, -0.05) is 6.07 Å². The number of likely N-dealkylation sites (N-methyl/N-ethyl adjacent to an activating group) is 1. The van der Waals surface area contributed by atoms with Gasteiger partial charge in [0, 0.05) is 32.4 Å². The molecule has 6 heteroatoms. The van der Waals surface area contributed by atoms with Crippen LogP contribution in [0.3, 0.4) is 0 Å². The highest BCUT2D eigenvalue weighted by atomic mass is 16.2. The molecular weight excluding hydrogens is 242 g/mol. The summed E-state index contributed by atoms with van der Waals surface area (Å²) in [6.07, 6.45) is 3.23. The second kappa shape index (κ2) is 6.96. The molecule has 102 valence electrons. The van der Waals surface area contributed by atoms with Crippen molar-refractivity contribution in [2.45, 2.75) is 0 Å². The quantitative estimate of drug-likeness (QED) is 0.601. The second-order valence-electron chi connectivity index (χ2n) is 4.63. The minimum Gasteiger partial charge on any atom is -0.304 e. The topological polar surface area (TPSA) is 60.8 Å². The van der Waals surface area contributed by atoms with E-state index in [1.165, 1.54) is 0 Å². The van der Waals surface area contributed by atoms with Crippen molar-refractivity contribution < 1.29 is 4.79 Å². The summed E-state index contributed by atoms with van der Waals surface area (Å²) < 4.78 is 0. The largest absolute Gasteiger partial charge is 0.304 e. The van der Waals surface area contributed by atoms with Gasteiger partial charge in [-0.05, 0) is 19.2 Å². The Hall–Kier alpha value is -1.79. The van der Waals surface area contributed by atoms with E-state index in [1.54, 1.807) is 12.4 Å². The zero-order valence-corrected chi connectivity index (χ0v) is 11.1. The van der Waals surface area contributed by atoms with Gasteiger partial charge in [0.25, 0.3) is 5.91 Å². The lowest BCUT2D eigenvalue weighted by atomic mass is 10.3. The molecule has 0 radical (unpaired) electrons. The summed E-state index contributed by atoms with van der Waals surface area (Å²) in [5.41, 5.74) is 3.25. The Morgan fingerprint density at radius 3 is 2.89 bits per heavy atom. The van der Waals surface area contributed by atoms with Gasteiger partial charge >= 0.3 is 0 Å². The summed E-state index contributed by atoms with van der Waals surface area (Å²) >= 11 is 0. The van der Waals surface area contributed by atoms with Gasteiger partial charge in [-0.3, -0.25) is 14.7 Å². The van der Waals surface area contributed by atoms with Gasteiger partial charge in [0.15, 0.2) is 0 Å². The molecule has 1 aliphatic rings. The zero-order chi connectivity index (χ0) is 13.5. The molecule has 1 aromatic heterocycles. The highest BCUT2D eigenvalue weighted by Gasteiger charge is 2.15. The number of aromatic nitrogens is 1. The second-order valence-corrected chi connectivity index (χ2v) is 4.63. The lowest BCUT2D eigenvalue weighted by Crippen LogP contribution is -2.47. The fourth-order valence-corrected chi connectivity index (χ4v) is 1.87. The summed E-state index contributed by atoms with van der Waals surface area (Å²) in [5.74, 6) is -0.0864. The van der Waals surface area contributed by atoms with Crippen molar-refractivity contribution in [3.05, 3.63) is 30.1 Å². The van der Waals surface area contributed by atoms with E-state index < -0.39 is 0 Å². The predicted octanol–water partition coefficient (Wildman–Crippen LogP) is -0.221. The molecule has 1 fully saturated rings. The molecule has 19 heavy (non-hydrogen) atoms. The lowest BCUT2D eigenvalue weighted by molar-refractivity contribution is -0.122. The third-order valence-electron chi connectivity index (χ3n) is 3.04. The minimum atomic E-state index is -0.0864. The number of nitrogens with one attached hydrogen (secondary N) is 1. The van der Waals surface area contributed by atoms with E-state index in [9.17, 15) is 4.79 Å². The van der Waals surface area contributed by atoms with Crippen molar-refractivity contribution in [2.75, 3.05) is 39.8 Å². The molecule has 0 aliphatic carbocycles. The summed E-state index contributed by atoms with van der Waals surface area (Å²) in [5, 5.41) is 3.90. The molecule has 0 saturated carbocycles. The van der Waals surface area contributed by atoms with Gasteiger partial charge in [-0.15, -0.1) is 0 Å². The van der Waals surface area contributed by atoms with Gasteiger partial charge in [0.05, 0.1) is 18.5 Å². The van der Waals surface area contributed by atoms with Crippen LogP contribution >= 0.6 is 0 Å². The van der Waals surface area contributed by atoms with Crippen LogP contribution in [0.4, 0.5) is 0 Å². The van der Waals surface area contributed by atoms with Crippen molar-refractivity contribution in [3.63, 3.8) is 0 Å². The molecule has 6 nitrogen and oxygen atoms in total. The van der Waals surface area contributed by atoms with Crippen LogP contribution in [0.1, 0.15) is 5.69 Å². The molecule has 1 N–H and O–H groups in total. The van der Waals surface area contributed by atoms with Gasteiger partial charge in [0.2, 0.25) is 0 Å². The van der Waals surface area contributed by atoms with Crippen molar-refractivity contribution in [2.24, 2.45) is 5.10 Å². The van der Waals surface area contributed by atoms with Crippen LogP contribution < -0.4 is 5.43 Å². The Morgan fingerprint density at radius 2 is 2.21 bits per heavy atom. The van der Waals surface area contributed by atoms with Gasteiger partial charge in [-0.2, -0.15) is 5.10 Å². The van der Waals surface area contributed by atoms with Crippen LogP contribution in [0.5, 0.6) is 0 Å². The monoisotopic (exact) mass is 261 g/mol. The number of piperazine rings is 1. The fraction of sp³-hybridized carbons (Fsp3) is 0.462. The first-order valence-corrected chi connectivity index (χ1v) is 6.38. The molecule has 0 unspecified atom stereocenters. The Bertz CT molecular complexity index is 426. The molecule has 2 rings (SSSR count). The first kappa shape index (κ1) is 13.6. The van der Waals surface area contributed by atoms with Crippen LogP contribution in [-0.2, 0) is 4.79 Å². The van der Waals surface area contributed by atoms with Crippen molar-refractivity contribution in [1.82, 2.24) is 20.2 Å². The molecular formula is C13H19N5O. The normalized spacial score (nSPS) is 17.7. The number of hydrogen-bond acceptors (Lipinski definition) is 5. The first-order chi connectivity index (χ1) is 9.24. The van der Waals surface area contributed by atoms with Gasteiger partial charge < -0.3 is 4.90 Å². The van der Waals surface area contributed by atoms with Crippen molar-refractivity contribution in [3.8, 4) is 0 Å². The van der Waals surface area contributed by atoms with Gasteiger partial charge in [-0.25, -0.2) is 5.43 Å². The molecule has 0 bridgehead atoms. The molecule has 1 saturated heterocycles. The van der Waals surface area contributed by atoms with Crippen molar-refractivity contribution >= 4 is 12.1 Å². The van der Waals surface area contributed by atoms with E-state index in [1.807, 2.05) is 18.2 Å². The maximum atomic E-state index is 11.7. The third kappa shape index (κ3) is 4.76. The van der Waals surface area contributed by atoms with E-state index in [2.05, 4.69) is 32.4 Å². The minimum absolute atomic E-state index is 0.0864. The molecule has 0 spiro atoms. The third-order valence-corrected chi connectivity index (χ3v) is 3.04. The molecule has 1 aromatic rings. The van der Waals surface area contributed by atoms with Crippen LogP contribution in [0.15, 0.2) is 29.5 Å². The van der Waals surface area contributed by atoms with Crippen LogP contribution in [0.2, 0.25) is 0 Å². The van der Waals surface area contributed by atoms with E-state index in [-0.39, 0.29) is 5.91 Å². The van der Waals surface area contributed by atoms with Gasteiger partial charge in [0.1, 0.15) is 0 Å². The standard InChI is InChI=1S/C13H19N5O/c1-17-6-8-18(9-7-17)11-13(19)16-15-10-12-4-2-3-5-14-12/h2-5,10H,6-9,11H2,1H3,(H,16,19)/b15-10+. The van der Waals surface area contributed by atoms with E-state index >= 15 is 0 Å². The lowest BCUT2D eigenvalue weighted by Gasteiger charge is -2.31.